The Bertz CT molecular complexity index is 417. The number of aryl methyl sites for hydroxylation is 1. The van der Waals surface area contributed by atoms with E-state index in [0.717, 1.165) is 19.4 Å². The second-order valence-electron chi connectivity index (χ2n) is 4.63. The fourth-order valence-electron chi connectivity index (χ4n) is 2.51. The Balaban J connectivity index is 2.39. The lowest BCUT2D eigenvalue weighted by molar-refractivity contribution is -0.150. The number of aromatic nitrogens is 3. The molecular formula is C11H18N4O2. The molecular weight excluding hydrogens is 220 g/mol. The first-order chi connectivity index (χ1) is 8.08. The molecule has 1 aliphatic rings. The highest BCUT2D eigenvalue weighted by atomic mass is 16.5. The van der Waals surface area contributed by atoms with Crippen molar-refractivity contribution in [2.45, 2.75) is 18.3 Å². The molecule has 0 amide bonds. The number of likely N-dealkylation sites (N-methyl/N-ethyl adjacent to an activating group) is 1. The number of esters is 1. The third kappa shape index (κ3) is 2.04. The Kier molecular flexibility index (Phi) is 3.15. The van der Waals surface area contributed by atoms with Gasteiger partial charge in [-0.05, 0) is 26.4 Å². The predicted molar refractivity (Wildman–Crippen MR) is 61.4 cm³/mol. The third-order valence-electron chi connectivity index (χ3n) is 3.35. The lowest BCUT2D eigenvalue weighted by Gasteiger charge is -2.37. The molecule has 6 heteroatoms. The quantitative estimate of drug-likeness (QED) is 0.676. The number of hydrogen-bond acceptors (Lipinski definition) is 5. The molecule has 6 nitrogen and oxygen atoms in total. The van der Waals surface area contributed by atoms with E-state index in [1.807, 2.05) is 7.05 Å². The van der Waals surface area contributed by atoms with Crippen molar-refractivity contribution in [3.8, 4) is 0 Å². The van der Waals surface area contributed by atoms with Crippen LogP contribution < -0.4 is 0 Å². The smallest absolute Gasteiger partial charge is 0.319 e. The first-order valence-corrected chi connectivity index (χ1v) is 5.72. The van der Waals surface area contributed by atoms with Crippen molar-refractivity contribution < 1.29 is 9.53 Å². The van der Waals surface area contributed by atoms with E-state index in [-0.39, 0.29) is 5.97 Å². The Morgan fingerprint density at radius 3 is 2.82 bits per heavy atom. The average molecular weight is 238 g/mol. The van der Waals surface area contributed by atoms with Gasteiger partial charge in [0.1, 0.15) is 11.1 Å². The summed E-state index contributed by atoms with van der Waals surface area (Å²) in [7, 11) is 5.18. The van der Waals surface area contributed by atoms with Gasteiger partial charge < -0.3 is 9.64 Å². The van der Waals surface area contributed by atoms with Crippen LogP contribution in [0.4, 0.5) is 0 Å². The van der Waals surface area contributed by atoms with E-state index in [1.165, 1.54) is 11.9 Å². The number of nitrogens with zero attached hydrogens (tertiary/aromatic N) is 4. The van der Waals surface area contributed by atoms with Crippen LogP contribution in [0.3, 0.4) is 0 Å². The van der Waals surface area contributed by atoms with E-state index in [2.05, 4.69) is 15.1 Å². The number of carbonyl (C=O) groups excluding carboxylic acids is 1. The van der Waals surface area contributed by atoms with Crippen molar-refractivity contribution in [3.63, 3.8) is 0 Å². The maximum atomic E-state index is 12.1. The molecule has 1 fully saturated rings. The van der Waals surface area contributed by atoms with Gasteiger partial charge in [0.15, 0.2) is 0 Å². The number of hydrogen-bond donors (Lipinski definition) is 0. The van der Waals surface area contributed by atoms with Crippen LogP contribution in [0.15, 0.2) is 6.20 Å². The van der Waals surface area contributed by atoms with Gasteiger partial charge in [-0.25, -0.2) is 0 Å². The molecule has 94 valence electrons. The Labute approximate surface area is 101 Å². The summed E-state index contributed by atoms with van der Waals surface area (Å²) in [4.78, 5) is 15.7. The number of carbonyl (C=O) groups is 1. The van der Waals surface area contributed by atoms with E-state index < -0.39 is 5.41 Å². The van der Waals surface area contributed by atoms with Gasteiger partial charge in [0.25, 0.3) is 0 Å². The normalized spacial score (nSPS) is 25.8. The molecule has 17 heavy (non-hydrogen) atoms. The molecule has 0 bridgehead atoms. The minimum Gasteiger partial charge on any atom is -0.468 e. The molecule has 0 aliphatic carbocycles. The van der Waals surface area contributed by atoms with Crippen molar-refractivity contribution in [1.82, 2.24) is 19.9 Å². The van der Waals surface area contributed by atoms with Gasteiger partial charge in [-0.1, -0.05) is 0 Å². The van der Waals surface area contributed by atoms with Crippen molar-refractivity contribution >= 4 is 5.97 Å². The largest absolute Gasteiger partial charge is 0.468 e. The average Bonchev–Trinajstić information content (AvgIpc) is 2.75. The van der Waals surface area contributed by atoms with Crippen LogP contribution >= 0.6 is 0 Å². The molecule has 2 rings (SSSR count). The van der Waals surface area contributed by atoms with E-state index >= 15 is 0 Å². The molecule has 0 N–H and O–H groups in total. The summed E-state index contributed by atoms with van der Waals surface area (Å²) < 4.78 is 4.96. The zero-order valence-electron chi connectivity index (χ0n) is 10.5. The van der Waals surface area contributed by atoms with Crippen molar-refractivity contribution in [3.05, 3.63) is 11.9 Å². The lowest BCUT2D eigenvalue weighted by Crippen LogP contribution is -2.50. The van der Waals surface area contributed by atoms with Gasteiger partial charge in [-0.15, -0.1) is 0 Å². The lowest BCUT2D eigenvalue weighted by atomic mass is 9.77. The van der Waals surface area contributed by atoms with Gasteiger partial charge in [-0.2, -0.15) is 15.0 Å². The summed E-state index contributed by atoms with van der Waals surface area (Å²) in [6.45, 7) is 1.64. The highest BCUT2D eigenvalue weighted by Crippen LogP contribution is 2.33. The predicted octanol–water partition coefficient (Wildman–Crippen LogP) is -0.0485. The number of rotatable bonds is 2. The van der Waals surface area contributed by atoms with E-state index in [0.29, 0.717) is 12.2 Å². The van der Waals surface area contributed by atoms with Crippen molar-refractivity contribution in [1.29, 1.82) is 0 Å². The fraction of sp³-hybridized carbons (Fsp3) is 0.727. The van der Waals surface area contributed by atoms with Gasteiger partial charge in [-0.3, -0.25) is 4.79 Å². The monoisotopic (exact) mass is 238 g/mol. The zero-order chi connectivity index (χ0) is 12.5. The van der Waals surface area contributed by atoms with Crippen LogP contribution in [-0.2, 0) is 22.0 Å². The highest BCUT2D eigenvalue weighted by Gasteiger charge is 2.46. The molecule has 1 aromatic rings. The molecule has 0 radical (unpaired) electrons. The Morgan fingerprint density at radius 1 is 1.53 bits per heavy atom. The van der Waals surface area contributed by atoms with Crippen molar-refractivity contribution in [2.75, 3.05) is 27.2 Å². The van der Waals surface area contributed by atoms with Crippen LogP contribution in [0.5, 0.6) is 0 Å². The molecule has 1 atom stereocenters. The van der Waals surface area contributed by atoms with Gasteiger partial charge in [0, 0.05) is 13.6 Å². The standard InChI is InChI=1S/C11H18N4O2/c1-14-6-4-5-11(8-14,10(16)17-3)9-7-12-15(2)13-9/h7H,4-6,8H2,1-3H3. The number of methoxy groups -OCH3 is 1. The number of ether oxygens (including phenoxy) is 1. The van der Waals surface area contributed by atoms with Gasteiger partial charge in [0.2, 0.25) is 0 Å². The maximum Gasteiger partial charge on any atom is 0.319 e. The molecule has 0 spiro atoms. The van der Waals surface area contributed by atoms with Crippen LogP contribution in [0, 0.1) is 0 Å². The summed E-state index contributed by atoms with van der Waals surface area (Å²) in [6, 6.07) is 0. The first-order valence-electron chi connectivity index (χ1n) is 5.72. The SMILES string of the molecule is COC(=O)C1(c2cnn(C)n2)CCCN(C)C1. The summed E-state index contributed by atoms with van der Waals surface area (Å²) in [5, 5.41) is 8.35. The van der Waals surface area contributed by atoms with Gasteiger partial charge >= 0.3 is 5.97 Å². The molecule has 1 aliphatic heterocycles. The highest BCUT2D eigenvalue weighted by molar-refractivity contribution is 5.83. The number of piperidine rings is 1. The zero-order valence-corrected chi connectivity index (χ0v) is 10.5. The molecule has 0 aromatic carbocycles. The summed E-state index contributed by atoms with van der Waals surface area (Å²) in [5.74, 6) is -0.218. The van der Waals surface area contributed by atoms with E-state index in [4.69, 9.17) is 4.74 Å². The molecule has 1 unspecified atom stereocenters. The fourth-order valence-corrected chi connectivity index (χ4v) is 2.51. The number of likely N-dealkylation sites (tertiary alicyclic amines) is 1. The second kappa shape index (κ2) is 4.44. The molecule has 2 heterocycles. The van der Waals surface area contributed by atoms with Crippen LogP contribution in [-0.4, -0.2) is 53.1 Å². The summed E-state index contributed by atoms with van der Waals surface area (Å²) >= 11 is 0. The minimum atomic E-state index is -0.657. The van der Waals surface area contributed by atoms with E-state index in [9.17, 15) is 4.79 Å². The summed E-state index contributed by atoms with van der Waals surface area (Å²) in [5.41, 5.74) is 0.0501. The molecule has 0 saturated carbocycles. The molecule has 1 saturated heterocycles. The Morgan fingerprint density at radius 2 is 2.29 bits per heavy atom. The molecule has 1 aromatic heterocycles. The minimum absolute atomic E-state index is 0.218. The maximum absolute atomic E-state index is 12.1. The van der Waals surface area contributed by atoms with Crippen LogP contribution in [0.2, 0.25) is 0 Å². The van der Waals surface area contributed by atoms with Crippen LogP contribution in [0.1, 0.15) is 18.5 Å². The first kappa shape index (κ1) is 12.0. The van der Waals surface area contributed by atoms with Crippen molar-refractivity contribution in [2.24, 2.45) is 7.05 Å². The van der Waals surface area contributed by atoms with Gasteiger partial charge in [0.05, 0.1) is 13.3 Å². The topological polar surface area (TPSA) is 60.2 Å². The third-order valence-corrected chi connectivity index (χ3v) is 3.35. The Hall–Kier alpha value is -1.43. The van der Waals surface area contributed by atoms with E-state index in [1.54, 1.807) is 13.2 Å². The van der Waals surface area contributed by atoms with Crippen LogP contribution in [0.25, 0.3) is 0 Å². The second-order valence-corrected chi connectivity index (χ2v) is 4.63. The summed E-state index contributed by atoms with van der Waals surface area (Å²) in [6.07, 6.45) is 3.39.